The molecule has 0 aliphatic heterocycles. The fourth-order valence-corrected chi connectivity index (χ4v) is 1.78. The Bertz CT molecular complexity index is 660. The van der Waals surface area contributed by atoms with Crippen molar-refractivity contribution in [2.75, 3.05) is 0 Å². The quantitative estimate of drug-likeness (QED) is 0.301. The van der Waals surface area contributed by atoms with E-state index in [-0.39, 0.29) is 18.9 Å². The van der Waals surface area contributed by atoms with E-state index in [2.05, 4.69) is 0 Å². The molecule has 0 heterocycles. The van der Waals surface area contributed by atoms with Crippen molar-refractivity contribution in [3.8, 4) is 0 Å². The van der Waals surface area contributed by atoms with Gasteiger partial charge in [-0.1, -0.05) is 0 Å². The standard InChI is InChI=1S/C8H3F15O3S.Li/c9-1(10)3(12,13)5(16,17)7(20,21)8(22,23)6(18,19)4(14,15)2(11)27(24,25)26;/h1-2H,(H,24,25,26);/q;+1/p-1. The SMILES string of the molecule is O=S(=O)([O-])C(F)C(F)(F)C(F)(F)C(F)(F)C(F)(F)C(F)(F)C(F)(F)C(F)F.[Li+]. The second-order valence-corrected chi connectivity index (χ2v) is 6.05. The molecule has 0 amide bonds. The maximum Gasteiger partial charge on any atom is 1.00 e. The van der Waals surface area contributed by atoms with Gasteiger partial charge in [-0.25, -0.2) is 21.6 Å². The summed E-state index contributed by atoms with van der Waals surface area (Å²) in [5.41, 5.74) is -5.94. The first-order valence-electron chi connectivity index (χ1n) is 5.49. The van der Waals surface area contributed by atoms with Gasteiger partial charge >= 0.3 is 60.8 Å². The van der Waals surface area contributed by atoms with Gasteiger partial charge in [-0.2, -0.15) is 52.7 Å². The number of hydrogen-bond donors (Lipinski definition) is 0. The summed E-state index contributed by atoms with van der Waals surface area (Å²) in [4.78, 5) is 0. The van der Waals surface area contributed by atoms with Gasteiger partial charge in [0, 0.05) is 0 Å². The zero-order valence-electron chi connectivity index (χ0n) is 12.5. The zero-order valence-corrected chi connectivity index (χ0v) is 13.3. The van der Waals surface area contributed by atoms with Gasteiger partial charge in [-0.05, 0) is 0 Å². The van der Waals surface area contributed by atoms with Crippen molar-refractivity contribution in [2.24, 2.45) is 0 Å². The number of alkyl halides is 15. The van der Waals surface area contributed by atoms with Crippen molar-refractivity contribution >= 4 is 10.1 Å². The minimum atomic E-state index is -8.47. The molecule has 0 spiro atoms. The third kappa shape index (κ3) is 3.90. The summed E-state index contributed by atoms with van der Waals surface area (Å²) in [5.74, 6) is -48.5. The summed E-state index contributed by atoms with van der Waals surface area (Å²) < 4.78 is 220. The molecule has 0 saturated carbocycles. The van der Waals surface area contributed by atoms with Gasteiger partial charge in [0.1, 0.15) is 10.1 Å². The van der Waals surface area contributed by atoms with Gasteiger partial charge in [0.15, 0.2) is 0 Å². The van der Waals surface area contributed by atoms with Crippen molar-refractivity contribution in [1.29, 1.82) is 0 Å². The Morgan fingerprint density at radius 3 is 1.04 bits per heavy atom. The Morgan fingerprint density at radius 1 is 0.571 bits per heavy atom. The van der Waals surface area contributed by atoms with Gasteiger partial charge in [-0.3, -0.25) is 0 Å². The van der Waals surface area contributed by atoms with Crippen LogP contribution < -0.4 is 18.9 Å². The van der Waals surface area contributed by atoms with E-state index >= 15 is 0 Å². The van der Waals surface area contributed by atoms with Crippen molar-refractivity contribution < 1.29 is 97.7 Å². The summed E-state index contributed by atoms with van der Waals surface area (Å²) >= 11 is 0. The summed E-state index contributed by atoms with van der Waals surface area (Å²) in [6.07, 6.45) is -5.90. The molecule has 0 saturated heterocycles. The molecule has 20 heteroatoms. The van der Waals surface area contributed by atoms with Crippen LogP contribution in [0.2, 0.25) is 0 Å². The normalized spacial score (nSPS) is 16.8. The van der Waals surface area contributed by atoms with Crippen molar-refractivity contribution in [3.05, 3.63) is 0 Å². The Morgan fingerprint density at radius 2 is 0.821 bits per heavy atom. The van der Waals surface area contributed by atoms with E-state index in [1.54, 1.807) is 0 Å². The molecule has 1 atom stereocenters. The molecular weight excluding hydrogens is 468 g/mol. The summed E-state index contributed by atoms with van der Waals surface area (Å²) in [6, 6.07) is 0. The van der Waals surface area contributed by atoms with Crippen LogP contribution in [0.4, 0.5) is 65.9 Å². The molecule has 0 aromatic rings. The van der Waals surface area contributed by atoms with E-state index in [9.17, 15) is 78.8 Å². The monoisotopic (exact) mass is 470 g/mol. The molecule has 0 bridgehead atoms. The van der Waals surface area contributed by atoms with Crippen LogP contribution in [-0.2, 0) is 10.1 Å². The largest absolute Gasteiger partial charge is 1.00 e. The fourth-order valence-electron chi connectivity index (χ4n) is 1.27. The molecule has 28 heavy (non-hydrogen) atoms. The third-order valence-electron chi connectivity index (χ3n) is 2.83. The van der Waals surface area contributed by atoms with Crippen LogP contribution in [0.15, 0.2) is 0 Å². The third-order valence-corrected chi connectivity index (χ3v) is 3.64. The Balaban J connectivity index is 0. The topological polar surface area (TPSA) is 57.2 Å². The predicted molar refractivity (Wildman–Crippen MR) is 50.3 cm³/mol. The first kappa shape index (κ1) is 29.7. The van der Waals surface area contributed by atoms with Gasteiger partial charge in [0.2, 0.25) is 0 Å². The minimum absolute atomic E-state index is 0. The van der Waals surface area contributed by atoms with Crippen LogP contribution in [0.5, 0.6) is 0 Å². The molecule has 0 aliphatic carbocycles. The first-order chi connectivity index (χ1) is 11.3. The van der Waals surface area contributed by atoms with Gasteiger partial charge in [0.05, 0.1) is 0 Å². The average Bonchev–Trinajstić information content (AvgIpc) is 2.43. The number of hydrogen-bond acceptors (Lipinski definition) is 3. The average molecular weight is 470 g/mol. The predicted octanol–water partition coefficient (Wildman–Crippen LogP) is 0.908. The van der Waals surface area contributed by atoms with Gasteiger partial charge < -0.3 is 4.55 Å². The molecule has 1 unspecified atom stereocenters. The first-order valence-corrected chi connectivity index (χ1v) is 6.96. The number of halogens is 15. The van der Waals surface area contributed by atoms with E-state index in [1.165, 1.54) is 0 Å². The van der Waals surface area contributed by atoms with E-state index in [0.717, 1.165) is 0 Å². The smallest absolute Gasteiger partial charge is 0.746 e. The van der Waals surface area contributed by atoms with E-state index in [1.807, 2.05) is 0 Å². The van der Waals surface area contributed by atoms with E-state index < -0.39 is 57.6 Å². The maximum absolute atomic E-state index is 13.0. The Hall–Kier alpha value is -0.543. The van der Waals surface area contributed by atoms with Gasteiger partial charge in [0.25, 0.3) is 5.50 Å². The van der Waals surface area contributed by atoms with Gasteiger partial charge in [-0.15, -0.1) is 0 Å². The number of rotatable bonds is 8. The van der Waals surface area contributed by atoms with Crippen LogP contribution in [0.3, 0.4) is 0 Å². The molecule has 0 rings (SSSR count). The van der Waals surface area contributed by atoms with E-state index in [0.29, 0.717) is 0 Å². The molecule has 3 nitrogen and oxygen atoms in total. The molecule has 0 radical (unpaired) electrons. The van der Waals surface area contributed by atoms with Crippen LogP contribution >= 0.6 is 0 Å². The second-order valence-electron chi connectivity index (χ2n) is 4.65. The summed E-state index contributed by atoms with van der Waals surface area (Å²) in [6.45, 7) is 0. The van der Waals surface area contributed by atoms with Crippen LogP contribution in [-0.4, -0.2) is 60.4 Å². The maximum atomic E-state index is 13.0. The zero-order chi connectivity index (χ0) is 22.7. The fraction of sp³-hybridized carbons (Fsp3) is 1.00. The van der Waals surface area contributed by atoms with Crippen LogP contribution in [0.25, 0.3) is 0 Å². The second kappa shape index (κ2) is 7.61. The van der Waals surface area contributed by atoms with Crippen molar-refractivity contribution in [3.63, 3.8) is 0 Å². The van der Waals surface area contributed by atoms with Crippen molar-refractivity contribution in [1.82, 2.24) is 0 Å². The molecule has 0 aromatic carbocycles. The molecule has 0 aliphatic rings. The van der Waals surface area contributed by atoms with Crippen molar-refractivity contribution in [2.45, 2.75) is 47.5 Å². The van der Waals surface area contributed by atoms with E-state index in [4.69, 9.17) is 0 Å². The molecule has 0 N–H and O–H groups in total. The Labute approximate surface area is 156 Å². The minimum Gasteiger partial charge on any atom is -0.746 e. The van der Waals surface area contributed by atoms with Crippen LogP contribution in [0.1, 0.15) is 0 Å². The Kier molecular flexibility index (Phi) is 8.06. The molecular formula is C8H2F15LiO3S. The van der Waals surface area contributed by atoms with Crippen LogP contribution in [0, 0.1) is 0 Å². The molecule has 0 aromatic heterocycles. The molecule has 0 fully saturated rings. The molecule has 164 valence electrons. The summed E-state index contributed by atoms with van der Waals surface area (Å²) in [7, 11) is -7.31. The summed E-state index contributed by atoms with van der Waals surface area (Å²) in [5, 5.41) is 0.